The van der Waals surface area contributed by atoms with Crippen molar-refractivity contribution in [2.24, 2.45) is 0 Å². The number of nitriles is 1. The van der Waals surface area contributed by atoms with E-state index in [1.54, 1.807) is 7.11 Å². The first-order chi connectivity index (χ1) is 14.3. The molecular weight excluding hydrogens is 358 g/mol. The highest BCUT2D eigenvalue weighted by molar-refractivity contribution is 5.80. The Kier molecular flexibility index (Phi) is 5.76. The Morgan fingerprint density at radius 1 is 1.00 bits per heavy atom. The van der Waals surface area contributed by atoms with Gasteiger partial charge in [0.2, 0.25) is 0 Å². The maximum Gasteiger partial charge on any atom is 0.145 e. The standard InChI is InChI=1S/C25H25N3O/c1-29-20-14-12-19(13-15-20)24-21-10-6-3-7-11-23(21)28-25(22(24)16-26)27-17-18-8-4-2-5-9-18/h2,4-5,8-9,12-15H,3,6-7,10-11,17H2,1H3,(H,27,28). The Balaban J connectivity index is 1.81. The van der Waals surface area contributed by atoms with Crippen LogP contribution in [0.3, 0.4) is 0 Å². The van der Waals surface area contributed by atoms with Gasteiger partial charge in [0, 0.05) is 17.8 Å². The molecule has 1 aliphatic rings. The molecule has 4 rings (SSSR count). The maximum absolute atomic E-state index is 10.1. The zero-order valence-electron chi connectivity index (χ0n) is 16.7. The molecule has 0 aliphatic heterocycles. The number of rotatable bonds is 5. The molecule has 0 amide bonds. The van der Waals surface area contributed by atoms with Crippen LogP contribution >= 0.6 is 0 Å². The van der Waals surface area contributed by atoms with Crippen LogP contribution in [0.15, 0.2) is 54.6 Å². The number of aryl methyl sites for hydroxylation is 1. The van der Waals surface area contributed by atoms with Crippen molar-refractivity contribution in [2.75, 3.05) is 12.4 Å². The molecule has 0 spiro atoms. The molecule has 1 heterocycles. The van der Waals surface area contributed by atoms with Crippen LogP contribution in [0.4, 0.5) is 5.82 Å². The van der Waals surface area contributed by atoms with Gasteiger partial charge >= 0.3 is 0 Å². The van der Waals surface area contributed by atoms with Crippen LogP contribution in [0.1, 0.15) is 41.6 Å². The second-order valence-electron chi connectivity index (χ2n) is 7.38. The largest absolute Gasteiger partial charge is 0.497 e. The van der Waals surface area contributed by atoms with E-state index in [0.717, 1.165) is 48.3 Å². The lowest BCUT2D eigenvalue weighted by Gasteiger charge is -2.18. The van der Waals surface area contributed by atoms with E-state index in [1.807, 2.05) is 42.5 Å². The number of benzene rings is 2. The van der Waals surface area contributed by atoms with Crippen LogP contribution in [0.5, 0.6) is 5.75 Å². The summed E-state index contributed by atoms with van der Waals surface area (Å²) in [6.45, 7) is 0.642. The van der Waals surface area contributed by atoms with Gasteiger partial charge in [0.25, 0.3) is 0 Å². The molecule has 1 N–H and O–H groups in total. The number of hydrogen-bond acceptors (Lipinski definition) is 4. The first kappa shape index (κ1) is 19.0. The third kappa shape index (κ3) is 4.09. The topological polar surface area (TPSA) is 57.9 Å². The summed E-state index contributed by atoms with van der Waals surface area (Å²) in [4.78, 5) is 4.92. The summed E-state index contributed by atoms with van der Waals surface area (Å²) in [6, 6.07) is 20.6. The Bertz CT molecular complexity index is 1020. The number of nitrogens with zero attached hydrogens (tertiary/aromatic N) is 2. The van der Waals surface area contributed by atoms with Gasteiger partial charge in [-0.1, -0.05) is 48.9 Å². The fourth-order valence-electron chi connectivity index (χ4n) is 4.01. The van der Waals surface area contributed by atoms with Crippen molar-refractivity contribution in [3.8, 4) is 22.9 Å². The lowest BCUT2D eigenvalue weighted by molar-refractivity contribution is 0.415. The minimum Gasteiger partial charge on any atom is -0.497 e. The molecule has 0 saturated heterocycles. The second-order valence-corrected chi connectivity index (χ2v) is 7.38. The molecule has 4 nitrogen and oxygen atoms in total. The Labute approximate surface area is 172 Å². The van der Waals surface area contributed by atoms with Gasteiger partial charge in [-0.05, 0) is 54.5 Å². The van der Waals surface area contributed by atoms with Crippen molar-refractivity contribution in [1.29, 1.82) is 5.26 Å². The number of ether oxygens (including phenoxy) is 1. The molecular formula is C25H25N3O. The molecule has 2 aromatic carbocycles. The normalized spacial score (nSPS) is 13.1. The molecule has 146 valence electrons. The van der Waals surface area contributed by atoms with E-state index in [2.05, 4.69) is 23.5 Å². The molecule has 0 saturated carbocycles. The number of hydrogen-bond donors (Lipinski definition) is 1. The third-order valence-electron chi connectivity index (χ3n) is 5.52. The predicted octanol–water partition coefficient (Wildman–Crippen LogP) is 5.51. The van der Waals surface area contributed by atoms with Gasteiger partial charge in [-0.25, -0.2) is 4.98 Å². The van der Waals surface area contributed by atoms with E-state index in [1.165, 1.54) is 17.5 Å². The summed E-state index contributed by atoms with van der Waals surface area (Å²) in [7, 11) is 1.67. The molecule has 29 heavy (non-hydrogen) atoms. The van der Waals surface area contributed by atoms with Crippen molar-refractivity contribution < 1.29 is 4.74 Å². The molecule has 0 bridgehead atoms. The van der Waals surface area contributed by atoms with Crippen LogP contribution in [0.25, 0.3) is 11.1 Å². The van der Waals surface area contributed by atoms with Crippen molar-refractivity contribution in [1.82, 2.24) is 4.98 Å². The minimum absolute atomic E-state index is 0.631. The first-order valence-electron chi connectivity index (χ1n) is 10.2. The molecule has 0 atom stereocenters. The lowest BCUT2D eigenvalue weighted by Crippen LogP contribution is -2.10. The Hall–Kier alpha value is -3.32. The van der Waals surface area contributed by atoms with Gasteiger partial charge < -0.3 is 10.1 Å². The maximum atomic E-state index is 10.1. The summed E-state index contributed by atoms with van der Waals surface area (Å²) >= 11 is 0. The van der Waals surface area contributed by atoms with Gasteiger partial charge in [-0.3, -0.25) is 0 Å². The lowest BCUT2D eigenvalue weighted by atomic mass is 9.91. The second kappa shape index (κ2) is 8.79. The van der Waals surface area contributed by atoms with Gasteiger partial charge in [0.15, 0.2) is 0 Å². The molecule has 1 aromatic heterocycles. The first-order valence-corrected chi connectivity index (χ1v) is 10.2. The SMILES string of the molecule is COc1ccc(-c2c(C#N)c(NCc3ccccc3)nc3c2CCCCC3)cc1. The number of pyridine rings is 1. The smallest absolute Gasteiger partial charge is 0.145 e. The third-order valence-corrected chi connectivity index (χ3v) is 5.52. The van der Waals surface area contributed by atoms with Crippen LogP contribution in [0, 0.1) is 11.3 Å². The van der Waals surface area contributed by atoms with Crippen molar-refractivity contribution in [3.05, 3.63) is 77.0 Å². The minimum atomic E-state index is 0.631. The van der Waals surface area contributed by atoms with E-state index in [4.69, 9.17) is 9.72 Å². The van der Waals surface area contributed by atoms with Crippen LogP contribution in [-0.4, -0.2) is 12.1 Å². The number of methoxy groups -OCH3 is 1. The molecule has 0 fully saturated rings. The number of fused-ring (bicyclic) bond motifs is 1. The van der Waals surface area contributed by atoms with Gasteiger partial charge in [0.05, 0.1) is 7.11 Å². The fourth-order valence-corrected chi connectivity index (χ4v) is 4.01. The van der Waals surface area contributed by atoms with E-state index in [9.17, 15) is 5.26 Å². The number of aromatic nitrogens is 1. The van der Waals surface area contributed by atoms with E-state index >= 15 is 0 Å². The molecule has 0 radical (unpaired) electrons. The Morgan fingerprint density at radius 2 is 1.76 bits per heavy atom. The molecule has 3 aromatic rings. The van der Waals surface area contributed by atoms with Gasteiger partial charge in [-0.2, -0.15) is 5.26 Å². The fraction of sp³-hybridized carbons (Fsp3) is 0.280. The van der Waals surface area contributed by atoms with Crippen molar-refractivity contribution in [3.63, 3.8) is 0 Å². The van der Waals surface area contributed by atoms with E-state index in [0.29, 0.717) is 17.9 Å². The van der Waals surface area contributed by atoms with E-state index < -0.39 is 0 Å². The molecule has 1 aliphatic carbocycles. The summed E-state index contributed by atoms with van der Waals surface area (Å²) in [6.07, 6.45) is 5.42. The number of nitrogens with one attached hydrogen (secondary N) is 1. The van der Waals surface area contributed by atoms with Crippen molar-refractivity contribution >= 4 is 5.82 Å². The summed E-state index contributed by atoms with van der Waals surface area (Å²) in [5.41, 5.74) is 6.23. The average Bonchev–Trinajstić information content (AvgIpc) is 3.02. The highest BCUT2D eigenvalue weighted by atomic mass is 16.5. The zero-order valence-corrected chi connectivity index (χ0v) is 16.7. The van der Waals surface area contributed by atoms with Crippen molar-refractivity contribution in [2.45, 2.75) is 38.6 Å². The van der Waals surface area contributed by atoms with Crippen LogP contribution in [-0.2, 0) is 19.4 Å². The molecule has 0 unspecified atom stereocenters. The zero-order chi connectivity index (χ0) is 20.1. The monoisotopic (exact) mass is 383 g/mol. The number of anilines is 1. The molecule has 4 heteroatoms. The quantitative estimate of drug-likeness (QED) is 0.590. The highest BCUT2D eigenvalue weighted by Crippen LogP contribution is 2.37. The average molecular weight is 383 g/mol. The summed E-state index contributed by atoms with van der Waals surface area (Å²) in [5.74, 6) is 1.50. The van der Waals surface area contributed by atoms with Gasteiger partial charge in [-0.15, -0.1) is 0 Å². The predicted molar refractivity (Wildman–Crippen MR) is 116 cm³/mol. The van der Waals surface area contributed by atoms with Gasteiger partial charge in [0.1, 0.15) is 23.2 Å². The summed E-state index contributed by atoms with van der Waals surface area (Å²) < 4.78 is 5.32. The highest BCUT2D eigenvalue weighted by Gasteiger charge is 2.22. The van der Waals surface area contributed by atoms with Crippen LogP contribution in [0.2, 0.25) is 0 Å². The van der Waals surface area contributed by atoms with E-state index in [-0.39, 0.29) is 0 Å². The van der Waals surface area contributed by atoms with Crippen LogP contribution < -0.4 is 10.1 Å². The summed E-state index contributed by atoms with van der Waals surface area (Å²) in [5, 5.41) is 13.5. The Morgan fingerprint density at radius 3 is 2.48 bits per heavy atom.